The van der Waals surface area contributed by atoms with Crippen LogP contribution in [0.5, 0.6) is 0 Å². The average Bonchev–Trinajstić information content (AvgIpc) is 2.64. The standard InChI is InChI=1S/C22H27N5/c1-22(2,3)26-20-19(23)21(25-16-24-20)27(14-17-10-6-4-7-11-17)15-18-12-8-5-9-13-18/h4-13,16H,14-15,23H2,1-3H3,(H,24,25,26). The first-order valence-corrected chi connectivity index (χ1v) is 9.14. The van der Waals surface area contributed by atoms with E-state index >= 15 is 0 Å². The summed E-state index contributed by atoms with van der Waals surface area (Å²) in [6.45, 7) is 7.68. The van der Waals surface area contributed by atoms with Crippen LogP contribution in [0.25, 0.3) is 0 Å². The highest BCUT2D eigenvalue weighted by Gasteiger charge is 2.19. The van der Waals surface area contributed by atoms with E-state index in [4.69, 9.17) is 5.73 Å². The van der Waals surface area contributed by atoms with E-state index < -0.39 is 0 Å². The second-order valence-corrected chi connectivity index (χ2v) is 7.66. The maximum Gasteiger partial charge on any atom is 0.158 e. The Morgan fingerprint density at radius 2 is 1.37 bits per heavy atom. The molecule has 140 valence electrons. The Hall–Kier alpha value is -3.08. The van der Waals surface area contributed by atoms with E-state index in [0.717, 1.165) is 5.82 Å². The van der Waals surface area contributed by atoms with E-state index in [-0.39, 0.29) is 5.54 Å². The lowest BCUT2D eigenvalue weighted by Crippen LogP contribution is -2.29. The van der Waals surface area contributed by atoms with Crippen LogP contribution < -0.4 is 16.0 Å². The van der Waals surface area contributed by atoms with E-state index in [2.05, 4.69) is 65.2 Å². The third-order valence-electron chi connectivity index (χ3n) is 4.09. The monoisotopic (exact) mass is 361 g/mol. The van der Waals surface area contributed by atoms with Gasteiger partial charge in [-0.05, 0) is 31.9 Å². The first-order valence-electron chi connectivity index (χ1n) is 9.14. The molecule has 1 heterocycles. The van der Waals surface area contributed by atoms with E-state index in [1.807, 2.05) is 36.4 Å². The zero-order valence-corrected chi connectivity index (χ0v) is 16.2. The Kier molecular flexibility index (Phi) is 5.60. The van der Waals surface area contributed by atoms with Gasteiger partial charge in [-0.15, -0.1) is 0 Å². The molecule has 0 spiro atoms. The van der Waals surface area contributed by atoms with Crippen LogP contribution in [0.3, 0.4) is 0 Å². The van der Waals surface area contributed by atoms with Gasteiger partial charge in [0.15, 0.2) is 11.6 Å². The van der Waals surface area contributed by atoms with Gasteiger partial charge in [-0.3, -0.25) is 0 Å². The SMILES string of the molecule is CC(C)(C)Nc1ncnc(N(Cc2ccccc2)Cc2ccccc2)c1N. The number of rotatable bonds is 6. The van der Waals surface area contributed by atoms with Crippen molar-refractivity contribution >= 4 is 17.3 Å². The molecule has 0 aliphatic rings. The highest BCUT2D eigenvalue weighted by Crippen LogP contribution is 2.30. The van der Waals surface area contributed by atoms with Crippen LogP contribution in [0.2, 0.25) is 0 Å². The minimum absolute atomic E-state index is 0.135. The predicted octanol–water partition coefficient (Wildman–Crippen LogP) is 4.48. The number of hydrogen-bond acceptors (Lipinski definition) is 5. The lowest BCUT2D eigenvalue weighted by atomic mass is 10.1. The van der Waals surface area contributed by atoms with Gasteiger partial charge in [0.1, 0.15) is 12.0 Å². The molecule has 3 N–H and O–H groups in total. The maximum absolute atomic E-state index is 6.47. The normalized spacial score (nSPS) is 11.2. The van der Waals surface area contributed by atoms with Crippen LogP contribution in [-0.2, 0) is 13.1 Å². The van der Waals surface area contributed by atoms with Gasteiger partial charge in [-0.25, -0.2) is 9.97 Å². The zero-order chi connectivity index (χ0) is 19.3. The highest BCUT2D eigenvalue weighted by molar-refractivity contribution is 5.75. The molecule has 0 amide bonds. The molecule has 2 aromatic carbocycles. The quantitative estimate of drug-likeness (QED) is 0.678. The van der Waals surface area contributed by atoms with Gasteiger partial charge >= 0.3 is 0 Å². The number of hydrogen-bond donors (Lipinski definition) is 2. The number of nitrogens with two attached hydrogens (primary N) is 1. The van der Waals surface area contributed by atoms with Crippen LogP contribution in [0.4, 0.5) is 17.3 Å². The van der Waals surface area contributed by atoms with E-state index in [1.165, 1.54) is 11.1 Å². The Bertz CT molecular complexity index is 815. The van der Waals surface area contributed by atoms with E-state index in [0.29, 0.717) is 24.6 Å². The fourth-order valence-corrected chi connectivity index (χ4v) is 2.91. The van der Waals surface area contributed by atoms with Crippen LogP contribution >= 0.6 is 0 Å². The van der Waals surface area contributed by atoms with Gasteiger partial charge in [0.25, 0.3) is 0 Å². The molecule has 3 aromatic rings. The third kappa shape index (κ3) is 5.20. The maximum atomic E-state index is 6.47. The fourth-order valence-electron chi connectivity index (χ4n) is 2.91. The molecule has 0 radical (unpaired) electrons. The molecule has 0 unspecified atom stereocenters. The summed E-state index contributed by atoms with van der Waals surface area (Å²) >= 11 is 0. The van der Waals surface area contributed by atoms with Crippen LogP contribution in [0.1, 0.15) is 31.9 Å². The molecule has 27 heavy (non-hydrogen) atoms. The summed E-state index contributed by atoms with van der Waals surface area (Å²) in [5.74, 6) is 1.41. The topological polar surface area (TPSA) is 67.1 Å². The van der Waals surface area contributed by atoms with Gasteiger partial charge in [-0.1, -0.05) is 60.7 Å². The summed E-state index contributed by atoms with van der Waals surface area (Å²) < 4.78 is 0. The summed E-state index contributed by atoms with van der Waals surface area (Å²) in [5.41, 5.74) is 9.31. The molecule has 0 saturated heterocycles. The minimum Gasteiger partial charge on any atom is -0.393 e. The van der Waals surface area contributed by atoms with Gasteiger partial charge in [0.05, 0.1) is 0 Å². The van der Waals surface area contributed by atoms with Crippen molar-refractivity contribution in [2.45, 2.75) is 39.4 Å². The lowest BCUT2D eigenvalue weighted by molar-refractivity contribution is 0.630. The zero-order valence-electron chi connectivity index (χ0n) is 16.2. The van der Waals surface area contributed by atoms with Crippen molar-refractivity contribution in [3.05, 3.63) is 78.1 Å². The van der Waals surface area contributed by atoms with Crippen LogP contribution in [-0.4, -0.2) is 15.5 Å². The fraction of sp³-hybridized carbons (Fsp3) is 0.273. The number of nitrogens with one attached hydrogen (secondary N) is 1. The summed E-state index contributed by atoms with van der Waals surface area (Å²) in [4.78, 5) is 11.0. The Balaban J connectivity index is 1.95. The second kappa shape index (κ2) is 8.08. The van der Waals surface area contributed by atoms with Crippen molar-refractivity contribution in [2.24, 2.45) is 0 Å². The van der Waals surface area contributed by atoms with Crippen LogP contribution in [0, 0.1) is 0 Å². The number of benzene rings is 2. The van der Waals surface area contributed by atoms with Gasteiger partial charge in [-0.2, -0.15) is 0 Å². The largest absolute Gasteiger partial charge is 0.393 e. The molecule has 1 aromatic heterocycles. The molecule has 0 aliphatic heterocycles. The molecule has 0 bridgehead atoms. The van der Waals surface area contributed by atoms with Crippen molar-refractivity contribution < 1.29 is 0 Å². The number of anilines is 3. The summed E-state index contributed by atoms with van der Waals surface area (Å²) in [5, 5.41) is 3.37. The Labute approximate surface area is 161 Å². The first-order chi connectivity index (χ1) is 12.9. The predicted molar refractivity (Wildman–Crippen MR) is 113 cm³/mol. The third-order valence-corrected chi connectivity index (χ3v) is 4.09. The molecule has 0 aliphatic carbocycles. The van der Waals surface area contributed by atoms with E-state index in [1.54, 1.807) is 6.33 Å². The molecule has 0 saturated carbocycles. The second-order valence-electron chi connectivity index (χ2n) is 7.66. The number of nitrogen functional groups attached to an aromatic ring is 1. The summed E-state index contributed by atoms with van der Waals surface area (Å²) in [6, 6.07) is 20.7. The van der Waals surface area contributed by atoms with Crippen molar-refractivity contribution in [3.63, 3.8) is 0 Å². The van der Waals surface area contributed by atoms with Gasteiger partial charge in [0, 0.05) is 18.6 Å². The Morgan fingerprint density at radius 1 is 0.852 bits per heavy atom. The summed E-state index contributed by atoms with van der Waals surface area (Å²) in [7, 11) is 0. The summed E-state index contributed by atoms with van der Waals surface area (Å²) in [6.07, 6.45) is 1.57. The van der Waals surface area contributed by atoms with Gasteiger partial charge in [0.2, 0.25) is 0 Å². The molecular weight excluding hydrogens is 334 g/mol. The lowest BCUT2D eigenvalue weighted by Gasteiger charge is -2.28. The van der Waals surface area contributed by atoms with Crippen LogP contribution in [0.15, 0.2) is 67.0 Å². The first kappa shape index (κ1) is 18.7. The van der Waals surface area contributed by atoms with Gasteiger partial charge < -0.3 is 16.0 Å². The molecule has 5 heteroatoms. The molecule has 3 rings (SSSR count). The average molecular weight is 361 g/mol. The van der Waals surface area contributed by atoms with E-state index in [9.17, 15) is 0 Å². The van der Waals surface area contributed by atoms with Crippen molar-refractivity contribution in [1.29, 1.82) is 0 Å². The van der Waals surface area contributed by atoms with Crippen molar-refractivity contribution in [3.8, 4) is 0 Å². The number of nitrogens with zero attached hydrogens (tertiary/aromatic N) is 3. The van der Waals surface area contributed by atoms with Crippen molar-refractivity contribution in [2.75, 3.05) is 16.0 Å². The Morgan fingerprint density at radius 3 is 1.85 bits per heavy atom. The minimum atomic E-state index is -0.135. The van der Waals surface area contributed by atoms with Crippen molar-refractivity contribution in [1.82, 2.24) is 9.97 Å². The molecule has 0 atom stereocenters. The molecular formula is C22H27N5. The highest BCUT2D eigenvalue weighted by atomic mass is 15.2. The molecule has 5 nitrogen and oxygen atoms in total. The molecule has 0 fully saturated rings. The smallest absolute Gasteiger partial charge is 0.158 e. The number of aromatic nitrogens is 2.